The van der Waals surface area contributed by atoms with E-state index in [-0.39, 0.29) is 22.5 Å². The summed E-state index contributed by atoms with van der Waals surface area (Å²) in [7, 11) is 1.68. The quantitative estimate of drug-likeness (QED) is 0.714. The fraction of sp³-hybridized carbons (Fsp3) is 0.200. The minimum Gasteiger partial charge on any atom is -0.486 e. The summed E-state index contributed by atoms with van der Waals surface area (Å²) in [5.41, 5.74) is 1.45. The standard InChI is InChI=1S/C20H17N3O4S/c1-23-17(21-15-5-3-2-4-14(15)18(23)24)11-27-13-8-6-12(7-9-13)10-16-19(25)28-20(26)22-16/h2-9,16H,10-11H2,1H3,(H,22,26). The lowest BCUT2D eigenvalue weighted by Crippen LogP contribution is -2.30. The summed E-state index contributed by atoms with van der Waals surface area (Å²) in [6.45, 7) is 0.156. The number of hydrogen-bond donors (Lipinski definition) is 1. The highest BCUT2D eigenvalue weighted by molar-refractivity contribution is 8.26. The maximum Gasteiger partial charge on any atom is 0.287 e. The third kappa shape index (κ3) is 3.63. The average Bonchev–Trinajstić information content (AvgIpc) is 3.01. The smallest absolute Gasteiger partial charge is 0.287 e. The van der Waals surface area contributed by atoms with Gasteiger partial charge in [0.05, 0.1) is 10.9 Å². The number of aromatic nitrogens is 2. The van der Waals surface area contributed by atoms with Crippen LogP contribution in [0.25, 0.3) is 10.9 Å². The third-order valence-corrected chi connectivity index (χ3v) is 5.37. The van der Waals surface area contributed by atoms with Gasteiger partial charge in [0.1, 0.15) is 24.2 Å². The molecule has 0 spiro atoms. The fourth-order valence-electron chi connectivity index (χ4n) is 3.03. The SMILES string of the molecule is Cn1c(COc2ccc(CC3NC(=O)SC3=O)cc2)nc2ccccc2c1=O. The van der Waals surface area contributed by atoms with E-state index >= 15 is 0 Å². The molecule has 1 aliphatic heterocycles. The van der Waals surface area contributed by atoms with Crippen molar-refractivity contribution in [3.05, 3.63) is 70.3 Å². The second-order valence-corrected chi connectivity index (χ2v) is 7.43. The number of benzene rings is 2. The number of fused-ring (bicyclic) bond motifs is 1. The Morgan fingerprint density at radius 2 is 1.86 bits per heavy atom. The van der Waals surface area contributed by atoms with E-state index in [1.54, 1.807) is 31.3 Å². The summed E-state index contributed by atoms with van der Waals surface area (Å²) >= 11 is 0.711. The number of hydrogen-bond acceptors (Lipinski definition) is 6. The van der Waals surface area contributed by atoms with Gasteiger partial charge in [0.2, 0.25) is 5.12 Å². The van der Waals surface area contributed by atoms with Crippen molar-refractivity contribution in [1.29, 1.82) is 0 Å². The minimum absolute atomic E-state index is 0.110. The molecular weight excluding hydrogens is 378 g/mol. The summed E-state index contributed by atoms with van der Waals surface area (Å²) in [6, 6.07) is 14.0. The first-order valence-electron chi connectivity index (χ1n) is 8.70. The molecule has 0 saturated carbocycles. The molecule has 2 heterocycles. The minimum atomic E-state index is -0.486. The van der Waals surface area contributed by atoms with Gasteiger partial charge in [0.25, 0.3) is 10.8 Å². The van der Waals surface area contributed by atoms with Gasteiger partial charge in [-0.2, -0.15) is 0 Å². The Morgan fingerprint density at radius 1 is 1.11 bits per heavy atom. The molecule has 2 aromatic carbocycles. The zero-order valence-corrected chi connectivity index (χ0v) is 15.9. The molecule has 1 amide bonds. The topological polar surface area (TPSA) is 90.3 Å². The van der Waals surface area contributed by atoms with E-state index in [1.165, 1.54) is 4.57 Å². The van der Waals surface area contributed by atoms with Gasteiger partial charge in [-0.05, 0) is 29.8 Å². The largest absolute Gasteiger partial charge is 0.486 e. The van der Waals surface area contributed by atoms with Gasteiger partial charge in [-0.3, -0.25) is 19.0 Å². The molecule has 3 aromatic rings. The second kappa shape index (κ2) is 7.47. The van der Waals surface area contributed by atoms with Gasteiger partial charge in [-0.15, -0.1) is 0 Å². The highest BCUT2D eigenvalue weighted by atomic mass is 32.2. The predicted octanol–water partition coefficient (Wildman–Crippen LogP) is 2.41. The summed E-state index contributed by atoms with van der Waals surface area (Å²) < 4.78 is 7.27. The molecule has 4 rings (SSSR count). The molecule has 1 N–H and O–H groups in total. The van der Waals surface area contributed by atoms with Crippen LogP contribution in [0.15, 0.2) is 53.3 Å². The van der Waals surface area contributed by atoms with E-state index in [4.69, 9.17) is 4.74 Å². The molecule has 0 bridgehead atoms. The van der Waals surface area contributed by atoms with Crippen molar-refractivity contribution in [2.24, 2.45) is 7.05 Å². The molecule has 1 aliphatic rings. The van der Waals surface area contributed by atoms with Gasteiger partial charge in [0, 0.05) is 25.2 Å². The molecular formula is C20H17N3O4S. The van der Waals surface area contributed by atoms with Gasteiger partial charge in [-0.1, -0.05) is 24.3 Å². The van der Waals surface area contributed by atoms with Crippen LogP contribution in [0.5, 0.6) is 5.75 Å². The number of carbonyl (C=O) groups excluding carboxylic acids is 2. The first kappa shape index (κ1) is 18.2. The number of nitrogens with one attached hydrogen (secondary N) is 1. The molecule has 0 radical (unpaired) electrons. The number of para-hydroxylation sites is 1. The van der Waals surface area contributed by atoms with Crippen molar-refractivity contribution in [3.8, 4) is 5.75 Å². The molecule has 1 saturated heterocycles. The van der Waals surface area contributed by atoms with Crippen molar-refractivity contribution in [2.45, 2.75) is 19.1 Å². The van der Waals surface area contributed by atoms with Crippen LogP contribution < -0.4 is 15.6 Å². The van der Waals surface area contributed by atoms with Crippen molar-refractivity contribution in [3.63, 3.8) is 0 Å². The normalized spacial score (nSPS) is 16.4. The van der Waals surface area contributed by atoms with Crippen LogP contribution in [0.3, 0.4) is 0 Å². The molecule has 28 heavy (non-hydrogen) atoms. The van der Waals surface area contributed by atoms with Gasteiger partial charge >= 0.3 is 0 Å². The van der Waals surface area contributed by atoms with Crippen LogP contribution in [-0.4, -0.2) is 25.9 Å². The highest BCUT2D eigenvalue weighted by Gasteiger charge is 2.31. The Labute approximate surface area is 164 Å². The zero-order chi connectivity index (χ0) is 19.7. The van der Waals surface area contributed by atoms with Crippen LogP contribution in [0.1, 0.15) is 11.4 Å². The Balaban J connectivity index is 1.45. The highest BCUT2D eigenvalue weighted by Crippen LogP contribution is 2.20. The van der Waals surface area contributed by atoms with E-state index in [9.17, 15) is 14.4 Å². The van der Waals surface area contributed by atoms with Crippen LogP contribution >= 0.6 is 11.8 Å². The molecule has 8 heteroatoms. The molecule has 0 aliphatic carbocycles. The third-order valence-electron chi connectivity index (χ3n) is 4.58. The Morgan fingerprint density at radius 3 is 2.57 bits per heavy atom. The van der Waals surface area contributed by atoms with Crippen molar-refractivity contribution in [2.75, 3.05) is 0 Å². The maximum absolute atomic E-state index is 12.4. The number of carbonyl (C=O) groups is 2. The predicted molar refractivity (Wildman–Crippen MR) is 106 cm³/mol. The van der Waals surface area contributed by atoms with Crippen LogP contribution in [0.4, 0.5) is 4.79 Å². The Bertz CT molecular complexity index is 1120. The Kier molecular flexibility index (Phi) is 4.87. The average molecular weight is 395 g/mol. The summed E-state index contributed by atoms with van der Waals surface area (Å²) in [5, 5.41) is 2.75. The first-order valence-corrected chi connectivity index (χ1v) is 9.51. The van der Waals surface area contributed by atoms with Gasteiger partial charge < -0.3 is 10.1 Å². The van der Waals surface area contributed by atoms with Crippen LogP contribution in [0.2, 0.25) is 0 Å². The summed E-state index contributed by atoms with van der Waals surface area (Å²) in [4.78, 5) is 39.9. The molecule has 1 atom stereocenters. The number of ether oxygens (including phenoxy) is 1. The van der Waals surface area contributed by atoms with Crippen molar-refractivity contribution < 1.29 is 14.3 Å². The van der Waals surface area contributed by atoms with Gasteiger partial charge in [-0.25, -0.2) is 4.98 Å². The van der Waals surface area contributed by atoms with E-state index < -0.39 is 6.04 Å². The van der Waals surface area contributed by atoms with Crippen molar-refractivity contribution >= 4 is 33.0 Å². The van der Waals surface area contributed by atoms with E-state index in [0.717, 1.165) is 5.56 Å². The van der Waals surface area contributed by atoms with Crippen LogP contribution in [-0.2, 0) is 24.9 Å². The lowest BCUT2D eigenvalue weighted by atomic mass is 10.1. The lowest BCUT2D eigenvalue weighted by molar-refractivity contribution is -0.112. The zero-order valence-electron chi connectivity index (χ0n) is 15.0. The van der Waals surface area contributed by atoms with E-state index in [0.29, 0.717) is 40.7 Å². The fourth-order valence-corrected chi connectivity index (χ4v) is 3.69. The maximum atomic E-state index is 12.4. The molecule has 7 nitrogen and oxygen atoms in total. The molecule has 142 valence electrons. The van der Waals surface area contributed by atoms with E-state index in [1.807, 2.05) is 24.3 Å². The number of amides is 1. The molecule has 1 unspecified atom stereocenters. The summed E-state index contributed by atoms with van der Waals surface area (Å²) in [6.07, 6.45) is 0.443. The monoisotopic (exact) mass is 395 g/mol. The summed E-state index contributed by atoms with van der Waals surface area (Å²) in [5.74, 6) is 1.16. The van der Waals surface area contributed by atoms with Crippen molar-refractivity contribution in [1.82, 2.24) is 14.9 Å². The number of rotatable bonds is 5. The lowest BCUT2D eigenvalue weighted by Gasteiger charge is -2.12. The molecule has 1 aromatic heterocycles. The number of thioether (sulfide) groups is 1. The Hall–Kier alpha value is -3.13. The second-order valence-electron chi connectivity index (χ2n) is 6.45. The molecule has 1 fully saturated rings. The van der Waals surface area contributed by atoms with Crippen LogP contribution in [0, 0.1) is 0 Å². The first-order chi connectivity index (χ1) is 13.5. The van der Waals surface area contributed by atoms with E-state index in [2.05, 4.69) is 10.3 Å². The number of nitrogens with zero attached hydrogens (tertiary/aromatic N) is 2. The van der Waals surface area contributed by atoms with Gasteiger partial charge in [0.15, 0.2) is 0 Å².